The van der Waals surface area contributed by atoms with Gasteiger partial charge in [-0.3, -0.25) is 4.79 Å². The van der Waals surface area contributed by atoms with Gasteiger partial charge in [0.15, 0.2) is 0 Å². The number of nitrogens with zero attached hydrogens (tertiary/aromatic N) is 2. The SMILES string of the molecule is CC(C)n1ncc(NCC2CCCC(O)C2)c(Br)c1=O. The third-order valence-corrected chi connectivity index (χ3v) is 4.54. The molecule has 1 heterocycles. The first-order valence-electron chi connectivity index (χ1n) is 7.18. The van der Waals surface area contributed by atoms with Gasteiger partial charge in [0.05, 0.1) is 24.0 Å². The monoisotopic (exact) mass is 343 g/mol. The Balaban J connectivity index is 2.03. The van der Waals surface area contributed by atoms with E-state index in [4.69, 9.17) is 0 Å². The van der Waals surface area contributed by atoms with Gasteiger partial charge >= 0.3 is 0 Å². The number of nitrogens with one attached hydrogen (secondary N) is 1. The predicted octanol–water partition coefficient (Wildman–Crippen LogP) is 2.55. The zero-order valence-corrected chi connectivity index (χ0v) is 13.6. The smallest absolute Gasteiger partial charge is 0.283 e. The second kappa shape index (κ2) is 6.72. The van der Waals surface area contributed by atoms with E-state index >= 15 is 0 Å². The van der Waals surface area contributed by atoms with Gasteiger partial charge in [0.25, 0.3) is 5.56 Å². The van der Waals surface area contributed by atoms with Crippen molar-refractivity contribution in [2.24, 2.45) is 5.92 Å². The highest BCUT2D eigenvalue weighted by molar-refractivity contribution is 9.10. The number of aromatic nitrogens is 2. The van der Waals surface area contributed by atoms with Crippen LogP contribution in [0.4, 0.5) is 5.69 Å². The van der Waals surface area contributed by atoms with Crippen molar-refractivity contribution in [3.05, 3.63) is 21.0 Å². The topological polar surface area (TPSA) is 67.2 Å². The van der Waals surface area contributed by atoms with Crippen LogP contribution < -0.4 is 10.9 Å². The van der Waals surface area contributed by atoms with E-state index in [1.54, 1.807) is 6.20 Å². The molecule has 1 aliphatic carbocycles. The number of aliphatic hydroxyl groups is 1. The molecule has 112 valence electrons. The predicted molar refractivity (Wildman–Crippen MR) is 83.0 cm³/mol. The van der Waals surface area contributed by atoms with Crippen molar-refractivity contribution < 1.29 is 5.11 Å². The fourth-order valence-corrected chi connectivity index (χ4v) is 3.06. The van der Waals surface area contributed by atoms with E-state index in [1.165, 1.54) is 4.68 Å². The average Bonchev–Trinajstić information content (AvgIpc) is 2.40. The van der Waals surface area contributed by atoms with Crippen LogP contribution in [0.1, 0.15) is 45.6 Å². The molecule has 1 aromatic rings. The van der Waals surface area contributed by atoms with Gasteiger partial charge in [-0.2, -0.15) is 5.10 Å². The van der Waals surface area contributed by atoms with Gasteiger partial charge in [0.1, 0.15) is 4.47 Å². The minimum atomic E-state index is -0.175. The minimum Gasteiger partial charge on any atom is -0.393 e. The third kappa shape index (κ3) is 3.61. The molecule has 2 rings (SSSR count). The Bertz CT molecular complexity index is 516. The van der Waals surface area contributed by atoms with Crippen LogP contribution in [0.5, 0.6) is 0 Å². The lowest BCUT2D eigenvalue weighted by Gasteiger charge is -2.26. The van der Waals surface area contributed by atoms with Crippen molar-refractivity contribution in [2.75, 3.05) is 11.9 Å². The first-order chi connectivity index (χ1) is 9.49. The van der Waals surface area contributed by atoms with Crippen LogP contribution in [0, 0.1) is 5.92 Å². The van der Waals surface area contributed by atoms with Crippen molar-refractivity contribution >= 4 is 21.6 Å². The van der Waals surface area contributed by atoms with Gasteiger partial charge in [0, 0.05) is 6.54 Å². The number of halogens is 1. The second-order valence-corrected chi connectivity index (χ2v) is 6.58. The summed E-state index contributed by atoms with van der Waals surface area (Å²) in [6.45, 7) is 4.62. The van der Waals surface area contributed by atoms with E-state index in [0.717, 1.165) is 37.9 Å². The molecule has 5 nitrogen and oxygen atoms in total. The van der Waals surface area contributed by atoms with Crippen LogP contribution in [0.15, 0.2) is 15.5 Å². The lowest BCUT2D eigenvalue weighted by atomic mass is 9.87. The van der Waals surface area contributed by atoms with Gasteiger partial charge in [-0.25, -0.2) is 4.68 Å². The van der Waals surface area contributed by atoms with E-state index in [2.05, 4.69) is 26.3 Å². The summed E-state index contributed by atoms with van der Waals surface area (Å²) in [5.41, 5.74) is 0.612. The average molecular weight is 344 g/mol. The summed E-state index contributed by atoms with van der Waals surface area (Å²) < 4.78 is 1.98. The summed E-state index contributed by atoms with van der Waals surface area (Å²) in [6.07, 6.45) is 5.45. The summed E-state index contributed by atoms with van der Waals surface area (Å²) in [5.74, 6) is 0.457. The highest BCUT2D eigenvalue weighted by atomic mass is 79.9. The summed E-state index contributed by atoms with van der Waals surface area (Å²) >= 11 is 3.35. The largest absolute Gasteiger partial charge is 0.393 e. The van der Waals surface area contributed by atoms with Gasteiger partial charge in [0.2, 0.25) is 0 Å². The molecule has 2 atom stereocenters. The molecule has 0 aromatic carbocycles. The molecule has 1 aromatic heterocycles. The van der Waals surface area contributed by atoms with E-state index in [-0.39, 0.29) is 17.7 Å². The van der Waals surface area contributed by atoms with E-state index in [1.807, 2.05) is 13.8 Å². The maximum absolute atomic E-state index is 12.1. The molecule has 2 unspecified atom stereocenters. The van der Waals surface area contributed by atoms with Crippen LogP contribution in [0.25, 0.3) is 0 Å². The fourth-order valence-electron chi connectivity index (χ4n) is 2.64. The zero-order chi connectivity index (χ0) is 14.7. The Kier molecular flexibility index (Phi) is 5.21. The van der Waals surface area contributed by atoms with Crippen molar-refractivity contribution in [1.82, 2.24) is 9.78 Å². The number of hydrogen-bond donors (Lipinski definition) is 2. The van der Waals surface area contributed by atoms with Crippen LogP contribution in [-0.4, -0.2) is 27.5 Å². The Morgan fingerprint density at radius 3 is 2.95 bits per heavy atom. The highest BCUT2D eigenvalue weighted by Gasteiger charge is 2.20. The molecule has 1 saturated carbocycles. The third-order valence-electron chi connectivity index (χ3n) is 3.77. The van der Waals surface area contributed by atoms with Crippen molar-refractivity contribution in [3.8, 4) is 0 Å². The van der Waals surface area contributed by atoms with E-state index in [0.29, 0.717) is 10.4 Å². The lowest BCUT2D eigenvalue weighted by Crippen LogP contribution is -2.28. The Hall–Kier alpha value is -0.880. The van der Waals surface area contributed by atoms with Crippen molar-refractivity contribution in [1.29, 1.82) is 0 Å². The zero-order valence-electron chi connectivity index (χ0n) is 12.0. The highest BCUT2D eigenvalue weighted by Crippen LogP contribution is 2.25. The Morgan fingerprint density at radius 2 is 2.30 bits per heavy atom. The summed E-state index contributed by atoms with van der Waals surface area (Å²) in [5, 5.41) is 17.1. The molecule has 0 amide bonds. The molecule has 20 heavy (non-hydrogen) atoms. The lowest BCUT2D eigenvalue weighted by molar-refractivity contribution is 0.105. The molecular weight excluding hydrogens is 322 g/mol. The second-order valence-electron chi connectivity index (χ2n) is 5.78. The van der Waals surface area contributed by atoms with Crippen molar-refractivity contribution in [2.45, 2.75) is 51.7 Å². The first-order valence-corrected chi connectivity index (χ1v) is 7.97. The first kappa shape index (κ1) is 15.5. The normalized spacial score (nSPS) is 23.1. The van der Waals surface area contributed by atoms with Crippen LogP contribution in [0.3, 0.4) is 0 Å². The number of rotatable bonds is 4. The maximum atomic E-state index is 12.1. The summed E-state index contributed by atoms with van der Waals surface area (Å²) in [7, 11) is 0. The molecule has 0 spiro atoms. The van der Waals surface area contributed by atoms with Crippen LogP contribution in [-0.2, 0) is 0 Å². The number of hydrogen-bond acceptors (Lipinski definition) is 4. The molecule has 0 saturated heterocycles. The Morgan fingerprint density at radius 1 is 1.55 bits per heavy atom. The van der Waals surface area contributed by atoms with Crippen LogP contribution >= 0.6 is 15.9 Å². The number of anilines is 1. The maximum Gasteiger partial charge on any atom is 0.283 e. The standard InChI is InChI=1S/C14H22BrN3O2/c1-9(2)18-14(20)13(15)12(8-17-18)16-7-10-4-3-5-11(19)6-10/h8-11,16,19H,3-7H2,1-2H3. The molecule has 0 radical (unpaired) electrons. The molecule has 1 fully saturated rings. The number of aliphatic hydroxyl groups excluding tert-OH is 1. The molecule has 6 heteroatoms. The van der Waals surface area contributed by atoms with E-state index < -0.39 is 0 Å². The fraction of sp³-hybridized carbons (Fsp3) is 0.714. The molecule has 0 bridgehead atoms. The Labute approximate surface area is 127 Å². The summed E-state index contributed by atoms with van der Waals surface area (Å²) in [4.78, 5) is 12.1. The minimum absolute atomic E-state index is 0.0429. The van der Waals surface area contributed by atoms with E-state index in [9.17, 15) is 9.90 Å². The van der Waals surface area contributed by atoms with Gasteiger partial charge in [-0.15, -0.1) is 0 Å². The van der Waals surface area contributed by atoms with Gasteiger partial charge in [-0.05, 0) is 55.0 Å². The van der Waals surface area contributed by atoms with Gasteiger partial charge < -0.3 is 10.4 Å². The quantitative estimate of drug-likeness (QED) is 0.881. The van der Waals surface area contributed by atoms with Crippen LogP contribution in [0.2, 0.25) is 0 Å². The molecule has 0 aliphatic heterocycles. The molecule has 1 aliphatic rings. The molecular formula is C14H22BrN3O2. The molecule has 2 N–H and O–H groups in total. The summed E-state index contributed by atoms with van der Waals surface area (Å²) in [6, 6.07) is 0.0429. The van der Waals surface area contributed by atoms with Crippen molar-refractivity contribution in [3.63, 3.8) is 0 Å². The van der Waals surface area contributed by atoms with Gasteiger partial charge in [-0.1, -0.05) is 6.42 Å².